The van der Waals surface area contributed by atoms with Crippen molar-refractivity contribution >= 4 is 18.7 Å². The quantitative estimate of drug-likeness (QED) is 0.334. The van der Waals surface area contributed by atoms with Gasteiger partial charge in [-0.1, -0.05) is 79.4 Å². The van der Waals surface area contributed by atoms with E-state index in [-0.39, 0.29) is 6.10 Å². The summed E-state index contributed by atoms with van der Waals surface area (Å²) >= 11 is 0. The summed E-state index contributed by atoms with van der Waals surface area (Å²) in [6.45, 7) is 8.80. The third kappa shape index (κ3) is 4.87. The van der Waals surface area contributed by atoms with Crippen LogP contribution in [0.5, 0.6) is 0 Å². The van der Waals surface area contributed by atoms with Crippen LogP contribution < -0.4 is 10.4 Å². The molecule has 0 aliphatic carbocycles. The van der Waals surface area contributed by atoms with E-state index in [0.717, 1.165) is 37.7 Å². The monoisotopic (exact) mass is 404 g/mol. The van der Waals surface area contributed by atoms with Gasteiger partial charge in [-0.3, -0.25) is 0 Å². The molecular formula is C26H32O2Si. The number of ether oxygens (including phenoxy) is 1. The maximum Gasteiger partial charge on any atom is 0.288 e. The van der Waals surface area contributed by atoms with Crippen molar-refractivity contribution in [3.8, 4) is 0 Å². The van der Waals surface area contributed by atoms with E-state index in [1.165, 1.54) is 15.6 Å². The van der Waals surface area contributed by atoms with Crippen LogP contribution in [-0.4, -0.2) is 28.1 Å². The fourth-order valence-electron chi connectivity index (χ4n) is 4.23. The van der Waals surface area contributed by atoms with Crippen molar-refractivity contribution in [1.82, 2.24) is 0 Å². The van der Waals surface area contributed by atoms with Gasteiger partial charge in [0.25, 0.3) is 8.32 Å². The molecule has 1 aliphatic heterocycles. The topological polar surface area (TPSA) is 18.5 Å². The van der Waals surface area contributed by atoms with Crippen molar-refractivity contribution < 1.29 is 9.16 Å². The first-order chi connectivity index (χ1) is 14.2. The molecule has 3 rings (SSSR count). The molecule has 29 heavy (non-hydrogen) atoms. The smallest absolute Gasteiger partial charge is 0.288 e. The first-order valence-electron chi connectivity index (χ1n) is 10.5. The number of methoxy groups -OCH3 is 1. The predicted octanol–water partition coefficient (Wildman–Crippen LogP) is 4.95. The van der Waals surface area contributed by atoms with E-state index in [4.69, 9.17) is 9.16 Å². The highest BCUT2D eigenvalue weighted by atomic mass is 28.4. The largest absolute Gasteiger partial charge is 0.401 e. The Labute approximate surface area is 176 Å². The molecule has 2 aromatic rings. The summed E-state index contributed by atoms with van der Waals surface area (Å²) in [5.41, 5.74) is 1.03. The Kier molecular flexibility index (Phi) is 7.81. The molecule has 3 heteroatoms. The van der Waals surface area contributed by atoms with E-state index in [9.17, 15) is 0 Å². The first kappa shape index (κ1) is 21.5. The van der Waals surface area contributed by atoms with Crippen molar-refractivity contribution in [2.24, 2.45) is 0 Å². The average Bonchev–Trinajstić information content (AvgIpc) is 2.96. The fraction of sp³-hybridized carbons (Fsp3) is 0.308. The Morgan fingerprint density at radius 3 is 2.28 bits per heavy atom. The molecule has 1 aliphatic rings. The van der Waals surface area contributed by atoms with Gasteiger partial charge in [-0.15, -0.1) is 6.58 Å². The summed E-state index contributed by atoms with van der Waals surface area (Å²) in [7, 11) is -0.951. The lowest BCUT2D eigenvalue weighted by Crippen LogP contribution is -2.64. The minimum absolute atomic E-state index is 0.228. The zero-order chi connectivity index (χ0) is 20.5. The maximum absolute atomic E-state index is 7.22. The van der Waals surface area contributed by atoms with Gasteiger partial charge < -0.3 is 9.16 Å². The van der Waals surface area contributed by atoms with Crippen molar-refractivity contribution in [2.45, 2.75) is 38.2 Å². The predicted molar refractivity (Wildman–Crippen MR) is 125 cm³/mol. The highest BCUT2D eigenvalue weighted by Gasteiger charge is 2.47. The zero-order valence-corrected chi connectivity index (χ0v) is 18.5. The minimum atomic E-state index is -2.68. The van der Waals surface area contributed by atoms with Gasteiger partial charge in [0.05, 0.1) is 6.61 Å². The van der Waals surface area contributed by atoms with Crippen LogP contribution >= 0.6 is 0 Å². The third-order valence-corrected chi connectivity index (χ3v) is 9.85. The highest BCUT2D eigenvalue weighted by molar-refractivity contribution is 7.03. The van der Waals surface area contributed by atoms with E-state index >= 15 is 0 Å². The van der Waals surface area contributed by atoms with Crippen molar-refractivity contribution in [1.29, 1.82) is 0 Å². The molecular weight excluding hydrogens is 372 g/mol. The molecule has 1 heterocycles. The van der Waals surface area contributed by atoms with Crippen molar-refractivity contribution in [2.75, 3.05) is 13.7 Å². The number of benzene rings is 2. The molecule has 152 valence electrons. The molecule has 0 amide bonds. The molecule has 0 bridgehead atoms. The van der Waals surface area contributed by atoms with E-state index in [1.807, 2.05) is 6.08 Å². The number of rotatable bonds is 9. The van der Waals surface area contributed by atoms with E-state index in [2.05, 4.69) is 79.9 Å². The minimum Gasteiger partial charge on any atom is -0.401 e. The lowest BCUT2D eigenvalue weighted by molar-refractivity contribution is 0.181. The molecule has 0 saturated carbocycles. The van der Waals surface area contributed by atoms with Crippen LogP contribution in [-0.2, 0) is 9.16 Å². The average molecular weight is 405 g/mol. The van der Waals surface area contributed by atoms with Gasteiger partial charge in [-0.25, -0.2) is 0 Å². The van der Waals surface area contributed by atoms with Crippen molar-refractivity contribution in [3.05, 3.63) is 96.7 Å². The van der Waals surface area contributed by atoms with Crippen LogP contribution in [0.3, 0.4) is 0 Å². The number of hydrogen-bond acceptors (Lipinski definition) is 2. The molecule has 0 aromatic heterocycles. The zero-order valence-electron chi connectivity index (χ0n) is 17.5. The van der Waals surface area contributed by atoms with Crippen LogP contribution in [0.1, 0.15) is 32.1 Å². The summed E-state index contributed by atoms with van der Waals surface area (Å²) in [6, 6.07) is 21.5. The molecule has 0 radical (unpaired) electrons. The van der Waals surface area contributed by atoms with Crippen LogP contribution in [0.15, 0.2) is 96.7 Å². The summed E-state index contributed by atoms with van der Waals surface area (Å²) in [5.74, 6) is 0. The molecule has 1 unspecified atom stereocenters. The normalized spacial score (nSPS) is 18.5. The molecule has 2 nitrogen and oxygen atoms in total. The van der Waals surface area contributed by atoms with Gasteiger partial charge in [-0.2, -0.15) is 0 Å². The van der Waals surface area contributed by atoms with E-state index in [1.54, 1.807) is 7.11 Å². The molecule has 0 fully saturated rings. The Hall–Kier alpha value is -2.20. The molecule has 1 atom stereocenters. The maximum atomic E-state index is 7.22. The Morgan fingerprint density at radius 1 is 1.10 bits per heavy atom. The molecule has 0 saturated heterocycles. The SMILES string of the molecule is C=CCCCC1CCC=C(C(=C)COC)[Si](c2ccccc2)(c2ccccc2)O1. The lowest BCUT2D eigenvalue weighted by Gasteiger charge is -2.37. The van der Waals surface area contributed by atoms with Crippen LogP contribution in [0.25, 0.3) is 0 Å². The standard InChI is InChI=1S/C26H32O2Si/c1-4-5-8-14-23-15-13-20-26(22(2)21-27-3)29(28-23,24-16-9-6-10-17-24)25-18-11-7-12-19-25/h4,6-7,9-12,16-20,23H,1-2,5,8,13-15,21H2,3H3. The van der Waals surface area contributed by atoms with Crippen LogP contribution in [0.2, 0.25) is 0 Å². The Bertz CT molecular complexity index is 787. The molecule has 0 spiro atoms. The van der Waals surface area contributed by atoms with Gasteiger partial charge in [0.2, 0.25) is 0 Å². The van der Waals surface area contributed by atoms with E-state index in [0.29, 0.717) is 6.61 Å². The molecule has 0 N–H and O–H groups in total. The summed E-state index contributed by atoms with van der Waals surface area (Å²) in [6.07, 6.45) is 9.84. The van der Waals surface area contributed by atoms with Gasteiger partial charge in [0, 0.05) is 13.2 Å². The first-order valence-corrected chi connectivity index (χ1v) is 12.4. The van der Waals surface area contributed by atoms with Gasteiger partial charge >= 0.3 is 0 Å². The number of allylic oxidation sites excluding steroid dienone is 2. The highest BCUT2D eigenvalue weighted by Crippen LogP contribution is 2.31. The lowest BCUT2D eigenvalue weighted by atomic mass is 10.1. The fourth-order valence-corrected chi connectivity index (χ4v) is 8.64. The Morgan fingerprint density at radius 2 is 1.72 bits per heavy atom. The van der Waals surface area contributed by atoms with E-state index < -0.39 is 8.32 Å². The number of hydrogen-bond donors (Lipinski definition) is 0. The third-order valence-electron chi connectivity index (χ3n) is 5.55. The second-order valence-electron chi connectivity index (χ2n) is 7.60. The van der Waals surface area contributed by atoms with Crippen molar-refractivity contribution in [3.63, 3.8) is 0 Å². The van der Waals surface area contributed by atoms with Gasteiger partial charge in [-0.05, 0) is 53.2 Å². The Balaban J connectivity index is 2.15. The summed E-state index contributed by atoms with van der Waals surface area (Å²) in [5, 5.41) is 3.79. The van der Waals surface area contributed by atoms with Gasteiger partial charge in [0.1, 0.15) is 0 Å². The van der Waals surface area contributed by atoms with Gasteiger partial charge in [0.15, 0.2) is 0 Å². The second kappa shape index (κ2) is 10.5. The second-order valence-corrected chi connectivity index (χ2v) is 10.9. The molecule has 2 aromatic carbocycles. The van der Waals surface area contributed by atoms with Crippen LogP contribution in [0, 0.1) is 0 Å². The number of unbranched alkanes of at least 4 members (excludes halogenated alkanes) is 1. The summed E-state index contributed by atoms with van der Waals surface area (Å²) in [4.78, 5) is 0. The summed E-state index contributed by atoms with van der Waals surface area (Å²) < 4.78 is 12.7. The van der Waals surface area contributed by atoms with Crippen LogP contribution in [0.4, 0.5) is 0 Å².